The summed E-state index contributed by atoms with van der Waals surface area (Å²) >= 11 is 0. The van der Waals surface area contributed by atoms with Crippen molar-refractivity contribution in [3.05, 3.63) is 0 Å². The summed E-state index contributed by atoms with van der Waals surface area (Å²) in [6.45, 7) is 9.33. The maximum absolute atomic E-state index is 12.2. The van der Waals surface area contributed by atoms with Gasteiger partial charge in [0.05, 0.1) is 12.5 Å². The number of carboxylic acid groups (broad SMARTS) is 1. The van der Waals surface area contributed by atoms with Crippen LogP contribution in [0.4, 0.5) is 4.79 Å². The second-order valence-electron chi connectivity index (χ2n) is 6.20. The zero-order chi connectivity index (χ0) is 14.6. The highest BCUT2D eigenvalue weighted by Gasteiger charge is 2.40. The van der Waals surface area contributed by atoms with Crippen molar-refractivity contribution in [1.29, 1.82) is 0 Å². The van der Waals surface area contributed by atoms with Crippen LogP contribution in [0.1, 0.15) is 40.5 Å². The van der Waals surface area contributed by atoms with Crippen molar-refractivity contribution in [3.63, 3.8) is 0 Å². The maximum atomic E-state index is 12.2. The SMILES string of the molecule is CCOC(=O)C(C1CCN(C(=O)O)CC1)C(C)(C)C. The fraction of sp³-hybridized carbons (Fsp3) is 0.857. The van der Waals surface area contributed by atoms with E-state index in [1.165, 1.54) is 4.90 Å². The largest absolute Gasteiger partial charge is 0.466 e. The van der Waals surface area contributed by atoms with E-state index in [1.807, 2.05) is 27.7 Å². The second kappa shape index (κ2) is 6.26. The molecule has 5 nitrogen and oxygen atoms in total. The fourth-order valence-electron chi connectivity index (χ4n) is 2.91. The minimum atomic E-state index is -0.873. The van der Waals surface area contributed by atoms with Crippen LogP contribution in [0.5, 0.6) is 0 Å². The van der Waals surface area contributed by atoms with Crippen LogP contribution in [-0.2, 0) is 9.53 Å². The maximum Gasteiger partial charge on any atom is 0.407 e. The van der Waals surface area contributed by atoms with Crippen LogP contribution < -0.4 is 0 Å². The molecule has 0 saturated carbocycles. The first-order valence-electron chi connectivity index (χ1n) is 6.92. The molecular weight excluding hydrogens is 246 g/mol. The first-order valence-corrected chi connectivity index (χ1v) is 6.92. The van der Waals surface area contributed by atoms with Gasteiger partial charge in [-0.25, -0.2) is 4.79 Å². The quantitative estimate of drug-likeness (QED) is 0.801. The van der Waals surface area contributed by atoms with Gasteiger partial charge in [0.1, 0.15) is 0 Å². The lowest BCUT2D eigenvalue weighted by molar-refractivity contribution is -0.155. The number of likely N-dealkylation sites (tertiary alicyclic amines) is 1. The Morgan fingerprint density at radius 2 is 1.84 bits per heavy atom. The van der Waals surface area contributed by atoms with Crippen molar-refractivity contribution >= 4 is 12.1 Å². The van der Waals surface area contributed by atoms with E-state index in [-0.39, 0.29) is 23.2 Å². The lowest BCUT2D eigenvalue weighted by Gasteiger charge is -2.39. The van der Waals surface area contributed by atoms with E-state index in [2.05, 4.69) is 0 Å². The molecule has 1 atom stereocenters. The van der Waals surface area contributed by atoms with Gasteiger partial charge in [0, 0.05) is 13.1 Å². The molecule has 0 aliphatic carbocycles. The van der Waals surface area contributed by atoms with Crippen LogP contribution in [0.2, 0.25) is 0 Å². The Balaban J connectivity index is 2.73. The summed E-state index contributed by atoms with van der Waals surface area (Å²) in [5.74, 6) is -0.109. The molecule has 1 saturated heterocycles. The van der Waals surface area contributed by atoms with Crippen molar-refractivity contribution in [3.8, 4) is 0 Å². The summed E-state index contributed by atoms with van der Waals surface area (Å²) in [5.41, 5.74) is -0.164. The van der Waals surface area contributed by atoms with Crippen LogP contribution in [-0.4, -0.2) is 41.8 Å². The van der Waals surface area contributed by atoms with Gasteiger partial charge in [-0.05, 0) is 31.1 Å². The van der Waals surface area contributed by atoms with Crippen molar-refractivity contribution in [1.82, 2.24) is 4.90 Å². The fourth-order valence-corrected chi connectivity index (χ4v) is 2.91. The Hall–Kier alpha value is -1.26. The number of esters is 1. The van der Waals surface area contributed by atoms with E-state index in [4.69, 9.17) is 9.84 Å². The van der Waals surface area contributed by atoms with Gasteiger partial charge in [-0.3, -0.25) is 4.79 Å². The number of nitrogens with zero attached hydrogens (tertiary/aromatic N) is 1. The number of ether oxygens (including phenoxy) is 1. The van der Waals surface area contributed by atoms with E-state index in [0.29, 0.717) is 19.7 Å². The van der Waals surface area contributed by atoms with Crippen LogP contribution >= 0.6 is 0 Å². The minimum absolute atomic E-state index is 0.149. The second-order valence-corrected chi connectivity index (χ2v) is 6.20. The molecule has 1 rings (SSSR count). The van der Waals surface area contributed by atoms with Gasteiger partial charge in [-0.1, -0.05) is 20.8 Å². The van der Waals surface area contributed by atoms with Crippen LogP contribution in [0.3, 0.4) is 0 Å². The zero-order valence-corrected chi connectivity index (χ0v) is 12.3. The molecule has 19 heavy (non-hydrogen) atoms. The molecule has 1 N–H and O–H groups in total. The van der Waals surface area contributed by atoms with Gasteiger partial charge in [-0.15, -0.1) is 0 Å². The average Bonchev–Trinajstić information content (AvgIpc) is 2.28. The lowest BCUT2D eigenvalue weighted by atomic mass is 9.70. The zero-order valence-electron chi connectivity index (χ0n) is 12.3. The van der Waals surface area contributed by atoms with Gasteiger partial charge in [-0.2, -0.15) is 0 Å². The number of piperidine rings is 1. The number of carbonyl (C=O) groups is 2. The third kappa shape index (κ3) is 4.11. The highest BCUT2D eigenvalue weighted by Crippen LogP contribution is 2.38. The molecule has 1 aliphatic rings. The van der Waals surface area contributed by atoms with Crippen molar-refractivity contribution in [2.75, 3.05) is 19.7 Å². The van der Waals surface area contributed by atoms with Crippen molar-refractivity contribution in [2.45, 2.75) is 40.5 Å². The topological polar surface area (TPSA) is 66.8 Å². The Labute approximate surface area is 114 Å². The highest BCUT2D eigenvalue weighted by molar-refractivity contribution is 5.73. The summed E-state index contributed by atoms with van der Waals surface area (Å²) in [6, 6.07) is 0. The van der Waals surface area contributed by atoms with Gasteiger partial charge >= 0.3 is 12.1 Å². The molecule has 1 aliphatic heterocycles. The Morgan fingerprint density at radius 1 is 1.32 bits per heavy atom. The molecular formula is C14H25NO4. The molecule has 1 amide bonds. The van der Waals surface area contributed by atoms with E-state index in [0.717, 1.165) is 12.8 Å². The predicted molar refractivity (Wildman–Crippen MR) is 71.9 cm³/mol. The van der Waals surface area contributed by atoms with Crippen LogP contribution in [0, 0.1) is 17.3 Å². The number of hydrogen-bond acceptors (Lipinski definition) is 3. The Bertz CT molecular complexity index is 327. The van der Waals surface area contributed by atoms with Crippen molar-refractivity contribution < 1.29 is 19.4 Å². The molecule has 0 aromatic rings. The molecule has 1 unspecified atom stereocenters. The van der Waals surface area contributed by atoms with E-state index in [9.17, 15) is 9.59 Å². The summed E-state index contributed by atoms with van der Waals surface area (Å²) in [7, 11) is 0. The molecule has 0 aromatic heterocycles. The molecule has 0 bridgehead atoms. The third-order valence-corrected chi connectivity index (χ3v) is 3.76. The van der Waals surface area contributed by atoms with Crippen LogP contribution in [0.25, 0.3) is 0 Å². The molecule has 0 aromatic carbocycles. The first-order chi connectivity index (χ1) is 8.77. The first kappa shape index (κ1) is 15.8. The number of carbonyl (C=O) groups excluding carboxylic acids is 1. The number of hydrogen-bond donors (Lipinski definition) is 1. The Kier molecular flexibility index (Phi) is 5.20. The molecule has 0 spiro atoms. The van der Waals surface area contributed by atoms with E-state index >= 15 is 0 Å². The van der Waals surface area contributed by atoms with Crippen molar-refractivity contribution in [2.24, 2.45) is 17.3 Å². The van der Waals surface area contributed by atoms with E-state index < -0.39 is 6.09 Å². The summed E-state index contributed by atoms with van der Waals surface area (Å²) < 4.78 is 5.19. The lowest BCUT2D eigenvalue weighted by Crippen LogP contribution is -2.44. The standard InChI is InChI=1S/C14H25NO4/c1-5-19-12(16)11(14(2,3)4)10-6-8-15(9-7-10)13(17)18/h10-11H,5-9H2,1-4H3,(H,17,18). The predicted octanol–water partition coefficient (Wildman–Crippen LogP) is 2.60. The summed E-state index contributed by atoms with van der Waals surface area (Å²) in [6.07, 6.45) is 0.585. The normalized spacial score (nSPS) is 19.1. The molecule has 0 radical (unpaired) electrons. The van der Waals surface area contributed by atoms with E-state index in [1.54, 1.807) is 0 Å². The molecule has 1 heterocycles. The van der Waals surface area contributed by atoms with Gasteiger partial charge in [0.2, 0.25) is 0 Å². The summed E-state index contributed by atoms with van der Waals surface area (Å²) in [4.78, 5) is 24.5. The smallest absolute Gasteiger partial charge is 0.407 e. The van der Waals surface area contributed by atoms with Gasteiger partial charge < -0.3 is 14.7 Å². The van der Waals surface area contributed by atoms with Gasteiger partial charge in [0.15, 0.2) is 0 Å². The average molecular weight is 271 g/mol. The summed E-state index contributed by atoms with van der Waals surface area (Å²) in [5, 5.41) is 8.95. The minimum Gasteiger partial charge on any atom is -0.466 e. The Morgan fingerprint density at radius 3 is 2.21 bits per heavy atom. The molecule has 1 fully saturated rings. The monoisotopic (exact) mass is 271 g/mol. The molecule has 5 heteroatoms. The number of rotatable bonds is 3. The number of amides is 1. The highest BCUT2D eigenvalue weighted by atomic mass is 16.5. The third-order valence-electron chi connectivity index (χ3n) is 3.76. The molecule has 110 valence electrons. The van der Waals surface area contributed by atoms with Gasteiger partial charge in [0.25, 0.3) is 0 Å². The van der Waals surface area contributed by atoms with Crippen LogP contribution in [0.15, 0.2) is 0 Å².